The molecule has 31 heavy (non-hydrogen) atoms. The smallest absolute Gasteiger partial charge is 0.251 e. The number of hydrogen-bond donors (Lipinski definition) is 4. The van der Waals surface area contributed by atoms with Crippen LogP contribution in [-0.4, -0.2) is 23.4 Å². The van der Waals surface area contributed by atoms with Gasteiger partial charge in [-0.2, -0.15) is 0 Å². The fraction of sp³-hybridized carbons (Fsp3) is 0.174. The van der Waals surface area contributed by atoms with Gasteiger partial charge < -0.3 is 15.6 Å². The number of allylic oxidation sites excluding steroid dienone is 1. The summed E-state index contributed by atoms with van der Waals surface area (Å²) in [5.74, 6) is 0.0565. The number of rotatable bonds is 5. The van der Waals surface area contributed by atoms with E-state index in [4.69, 9.17) is 10.3 Å². The van der Waals surface area contributed by atoms with Crippen LogP contribution >= 0.6 is 0 Å². The van der Waals surface area contributed by atoms with Gasteiger partial charge in [-0.25, -0.2) is 0 Å². The molecule has 1 amide bonds. The van der Waals surface area contributed by atoms with Gasteiger partial charge in [0.15, 0.2) is 5.76 Å². The van der Waals surface area contributed by atoms with Gasteiger partial charge in [0.25, 0.3) is 5.91 Å². The third kappa shape index (κ3) is 3.74. The average molecular weight is 414 g/mol. The molecule has 2 unspecified atom stereocenters. The zero-order valence-electron chi connectivity index (χ0n) is 16.7. The molecule has 0 radical (unpaired) electrons. The minimum Gasteiger partial charge on any atom is -0.366 e. The maximum atomic E-state index is 11.8. The van der Waals surface area contributed by atoms with Gasteiger partial charge in [0.2, 0.25) is 0 Å². The molecule has 0 aliphatic carbocycles. The van der Waals surface area contributed by atoms with Crippen molar-refractivity contribution in [1.82, 2.24) is 21.1 Å². The summed E-state index contributed by atoms with van der Waals surface area (Å²) in [6.07, 6.45) is 5.86. The van der Waals surface area contributed by atoms with Crippen molar-refractivity contribution in [3.8, 4) is 0 Å². The van der Waals surface area contributed by atoms with E-state index in [9.17, 15) is 4.79 Å². The first-order valence-corrected chi connectivity index (χ1v) is 10.1. The van der Waals surface area contributed by atoms with Gasteiger partial charge in [-0.1, -0.05) is 41.6 Å². The summed E-state index contributed by atoms with van der Waals surface area (Å²) in [5.41, 5.74) is 9.62. The van der Waals surface area contributed by atoms with Crippen molar-refractivity contribution in [3.05, 3.63) is 89.0 Å². The summed E-state index contributed by atoms with van der Waals surface area (Å²) >= 11 is 0. The quantitative estimate of drug-likeness (QED) is 0.510. The number of carbonyl (C=O) groups is 1. The van der Waals surface area contributed by atoms with E-state index in [0.717, 1.165) is 16.7 Å². The highest BCUT2D eigenvalue weighted by atomic mass is 16.5. The number of nitrogens with two attached hydrogens (primary N) is 1. The summed E-state index contributed by atoms with van der Waals surface area (Å²) < 4.78 is 5.68. The molecular formula is C23H22N6O2. The lowest BCUT2D eigenvalue weighted by atomic mass is 10.0. The molecule has 0 saturated heterocycles. The molecular weight excluding hydrogens is 392 g/mol. The van der Waals surface area contributed by atoms with E-state index < -0.39 is 5.91 Å². The number of amides is 1. The van der Waals surface area contributed by atoms with Crippen molar-refractivity contribution in [2.75, 3.05) is 0 Å². The van der Waals surface area contributed by atoms with Crippen molar-refractivity contribution in [2.45, 2.75) is 25.3 Å². The van der Waals surface area contributed by atoms with Crippen LogP contribution in [0, 0.1) is 0 Å². The predicted octanol–water partition coefficient (Wildman–Crippen LogP) is 2.48. The van der Waals surface area contributed by atoms with E-state index in [-0.39, 0.29) is 12.3 Å². The maximum Gasteiger partial charge on any atom is 0.251 e. The predicted molar refractivity (Wildman–Crippen MR) is 118 cm³/mol. The lowest BCUT2D eigenvalue weighted by molar-refractivity contribution is 0.100. The lowest BCUT2D eigenvalue weighted by Crippen LogP contribution is -2.53. The Bertz CT molecular complexity index is 1210. The van der Waals surface area contributed by atoms with Crippen LogP contribution < -0.4 is 21.7 Å². The molecule has 1 aromatic heterocycles. The molecule has 3 heterocycles. The third-order valence-electron chi connectivity index (χ3n) is 5.49. The second-order valence-electron chi connectivity index (χ2n) is 7.45. The summed E-state index contributed by atoms with van der Waals surface area (Å²) in [7, 11) is 0. The first-order chi connectivity index (χ1) is 15.2. The van der Waals surface area contributed by atoms with Crippen LogP contribution in [0.25, 0.3) is 10.9 Å². The molecule has 2 aliphatic heterocycles. The van der Waals surface area contributed by atoms with Crippen LogP contribution in [0.4, 0.5) is 0 Å². The number of fused-ring (bicyclic) bond motifs is 1. The van der Waals surface area contributed by atoms with Gasteiger partial charge in [0, 0.05) is 36.5 Å². The summed E-state index contributed by atoms with van der Waals surface area (Å²) in [6, 6.07) is 15.5. The summed E-state index contributed by atoms with van der Waals surface area (Å²) in [6.45, 7) is 0.700. The first-order valence-electron chi connectivity index (χ1n) is 10.1. The zero-order chi connectivity index (χ0) is 21.2. The van der Waals surface area contributed by atoms with Gasteiger partial charge in [0.05, 0.1) is 11.7 Å². The number of aromatic nitrogens is 1. The second-order valence-corrected chi connectivity index (χ2v) is 7.45. The number of benzene rings is 2. The highest BCUT2D eigenvalue weighted by Crippen LogP contribution is 2.30. The number of hydrogen-bond acceptors (Lipinski definition) is 7. The normalized spacial score (nSPS) is 20.4. The van der Waals surface area contributed by atoms with Gasteiger partial charge in [-0.3, -0.25) is 20.4 Å². The number of nitrogens with zero attached hydrogens (tertiary/aromatic N) is 2. The molecule has 8 nitrogen and oxygen atoms in total. The lowest BCUT2D eigenvalue weighted by Gasteiger charge is -2.35. The van der Waals surface area contributed by atoms with Crippen LogP contribution in [-0.2, 0) is 6.54 Å². The molecule has 2 aromatic carbocycles. The topological polar surface area (TPSA) is 118 Å². The maximum absolute atomic E-state index is 11.8. The Labute approximate surface area is 178 Å². The van der Waals surface area contributed by atoms with Crippen LogP contribution in [0.15, 0.2) is 81.6 Å². The Morgan fingerprint density at radius 2 is 2.06 bits per heavy atom. The molecule has 156 valence electrons. The van der Waals surface area contributed by atoms with Gasteiger partial charge >= 0.3 is 0 Å². The third-order valence-corrected chi connectivity index (χ3v) is 5.49. The van der Waals surface area contributed by atoms with Crippen molar-refractivity contribution < 1.29 is 9.32 Å². The van der Waals surface area contributed by atoms with E-state index >= 15 is 0 Å². The molecule has 5 rings (SSSR count). The standard InChI is InChI=1S/C23H22N6O2/c24-21(30)17-8-4-7-16-19(17)29-31-20(16)23-27-18-10-12-25-11-9-15(18)22(28-23)26-13-14-5-2-1-3-6-14/h1-8,10-12,22-23,26-28H,9,13H2,(H2,24,30). The Morgan fingerprint density at radius 3 is 2.90 bits per heavy atom. The monoisotopic (exact) mass is 414 g/mol. The fourth-order valence-corrected chi connectivity index (χ4v) is 3.96. The first kappa shape index (κ1) is 19.2. The molecule has 3 aromatic rings. The summed E-state index contributed by atoms with van der Waals surface area (Å²) in [4.78, 5) is 16.1. The number of carbonyl (C=O) groups excluding carboxylic acids is 1. The summed E-state index contributed by atoms with van der Waals surface area (Å²) in [5, 5.41) is 15.5. The molecule has 0 spiro atoms. The van der Waals surface area contributed by atoms with Crippen LogP contribution in [0.2, 0.25) is 0 Å². The number of nitrogens with one attached hydrogen (secondary N) is 3. The Hall–Kier alpha value is -3.75. The average Bonchev–Trinajstić information content (AvgIpc) is 3.08. The van der Waals surface area contributed by atoms with E-state index in [1.165, 1.54) is 5.56 Å². The van der Waals surface area contributed by atoms with Crippen molar-refractivity contribution in [1.29, 1.82) is 0 Å². The van der Waals surface area contributed by atoms with E-state index in [1.54, 1.807) is 18.3 Å². The van der Waals surface area contributed by atoms with Crippen molar-refractivity contribution >= 4 is 23.0 Å². The SMILES string of the molecule is NC(=O)c1cccc2c(C3NC4=C(CC=NC=C4)C(NCc4ccccc4)N3)onc12. The van der Waals surface area contributed by atoms with Crippen LogP contribution in [0.3, 0.4) is 0 Å². The minimum absolute atomic E-state index is 0.116. The molecule has 0 saturated carbocycles. The molecule has 0 fully saturated rings. The Morgan fingerprint density at radius 1 is 1.19 bits per heavy atom. The fourth-order valence-electron chi connectivity index (χ4n) is 3.96. The Balaban J connectivity index is 1.48. The van der Waals surface area contributed by atoms with Crippen LogP contribution in [0.5, 0.6) is 0 Å². The van der Waals surface area contributed by atoms with Gasteiger partial charge in [-0.05, 0) is 29.3 Å². The molecule has 0 bridgehead atoms. The second kappa shape index (κ2) is 8.17. The largest absolute Gasteiger partial charge is 0.366 e. The van der Waals surface area contributed by atoms with E-state index in [0.29, 0.717) is 29.8 Å². The number of aliphatic imine (C=N–C) groups is 1. The van der Waals surface area contributed by atoms with Crippen LogP contribution in [0.1, 0.15) is 34.3 Å². The minimum atomic E-state index is -0.536. The zero-order valence-corrected chi connectivity index (χ0v) is 16.7. The van der Waals surface area contributed by atoms with E-state index in [2.05, 4.69) is 38.2 Å². The van der Waals surface area contributed by atoms with Gasteiger partial charge in [-0.15, -0.1) is 0 Å². The van der Waals surface area contributed by atoms with E-state index in [1.807, 2.05) is 36.6 Å². The highest BCUT2D eigenvalue weighted by molar-refractivity contribution is 6.05. The Kier molecular flexibility index (Phi) is 5.07. The van der Waals surface area contributed by atoms with Crippen molar-refractivity contribution in [2.24, 2.45) is 10.7 Å². The van der Waals surface area contributed by atoms with Crippen molar-refractivity contribution in [3.63, 3.8) is 0 Å². The molecule has 5 N–H and O–H groups in total. The number of primary amides is 1. The highest BCUT2D eigenvalue weighted by Gasteiger charge is 2.31. The molecule has 2 atom stereocenters. The molecule has 2 aliphatic rings. The molecule has 8 heteroatoms. The van der Waals surface area contributed by atoms with Gasteiger partial charge in [0.1, 0.15) is 11.7 Å².